The second kappa shape index (κ2) is 6.21. The van der Waals surface area contributed by atoms with Crippen LogP contribution in [0.3, 0.4) is 0 Å². The molecular formula is C14H12FN5O2S. The van der Waals surface area contributed by atoms with Gasteiger partial charge in [-0.2, -0.15) is 0 Å². The molecule has 2 aromatic heterocycles. The van der Waals surface area contributed by atoms with Gasteiger partial charge >= 0.3 is 0 Å². The van der Waals surface area contributed by atoms with Gasteiger partial charge in [-0.25, -0.2) is 14.4 Å². The monoisotopic (exact) mass is 333 g/mol. The zero-order valence-corrected chi connectivity index (χ0v) is 12.8. The first-order valence-corrected chi connectivity index (χ1v) is 7.57. The highest BCUT2D eigenvalue weighted by molar-refractivity contribution is 8.00. The van der Waals surface area contributed by atoms with Crippen molar-refractivity contribution in [1.29, 1.82) is 0 Å². The van der Waals surface area contributed by atoms with Crippen molar-refractivity contribution in [3.63, 3.8) is 0 Å². The minimum absolute atomic E-state index is 0.286. The molecule has 0 aliphatic heterocycles. The first kappa shape index (κ1) is 15.2. The number of nitrogens with zero attached hydrogens (tertiary/aromatic N) is 2. The molecule has 1 aromatic carbocycles. The Morgan fingerprint density at radius 3 is 2.83 bits per heavy atom. The van der Waals surface area contributed by atoms with Gasteiger partial charge in [0, 0.05) is 5.69 Å². The lowest BCUT2D eigenvalue weighted by molar-refractivity contribution is -0.115. The molecule has 0 saturated carbocycles. The van der Waals surface area contributed by atoms with Crippen molar-refractivity contribution in [2.45, 2.75) is 17.3 Å². The summed E-state index contributed by atoms with van der Waals surface area (Å²) in [6.07, 6.45) is 1.38. The fourth-order valence-electron chi connectivity index (χ4n) is 1.88. The van der Waals surface area contributed by atoms with Gasteiger partial charge in [-0.05, 0) is 31.2 Å². The van der Waals surface area contributed by atoms with E-state index >= 15 is 0 Å². The Bertz CT molecular complexity index is 905. The van der Waals surface area contributed by atoms with Crippen molar-refractivity contribution < 1.29 is 9.18 Å². The molecule has 0 aliphatic rings. The van der Waals surface area contributed by atoms with Crippen LogP contribution in [0.4, 0.5) is 10.1 Å². The van der Waals surface area contributed by atoms with Crippen LogP contribution in [0.2, 0.25) is 0 Å². The van der Waals surface area contributed by atoms with Crippen molar-refractivity contribution >= 4 is 34.5 Å². The second-order valence-corrected chi connectivity index (χ2v) is 6.06. The van der Waals surface area contributed by atoms with Gasteiger partial charge in [0.25, 0.3) is 5.56 Å². The van der Waals surface area contributed by atoms with E-state index in [1.165, 1.54) is 30.6 Å². The lowest BCUT2D eigenvalue weighted by atomic mass is 10.3. The summed E-state index contributed by atoms with van der Waals surface area (Å²) in [5.74, 6) is -0.661. The fourth-order valence-corrected chi connectivity index (χ4v) is 2.67. The molecular weight excluding hydrogens is 321 g/mol. The number of imidazole rings is 1. The number of fused-ring (bicyclic) bond motifs is 1. The van der Waals surface area contributed by atoms with E-state index in [1.807, 2.05) is 0 Å². The van der Waals surface area contributed by atoms with Crippen molar-refractivity contribution in [1.82, 2.24) is 19.9 Å². The highest BCUT2D eigenvalue weighted by atomic mass is 32.2. The third kappa shape index (κ3) is 3.39. The quantitative estimate of drug-likeness (QED) is 0.500. The standard InChI is InChI=1S/C14H12FN5O2S/c1-7(12(21)18-9-4-2-8(15)3-5-9)23-14-19-11-10(13(22)20-14)16-6-17-11/h2-7H,1H3,(H,18,21)(H2,16,17,19,20,22)/t7-/m0/s1. The highest BCUT2D eigenvalue weighted by Crippen LogP contribution is 2.20. The number of carbonyl (C=O) groups excluding carboxylic acids is 1. The molecule has 0 radical (unpaired) electrons. The maximum Gasteiger partial charge on any atom is 0.277 e. The number of aromatic nitrogens is 4. The van der Waals surface area contributed by atoms with E-state index in [2.05, 4.69) is 25.3 Å². The number of thioether (sulfide) groups is 1. The summed E-state index contributed by atoms with van der Waals surface area (Å²) in [4.78, 5) is 37.3. The van der Waals surface area contributed by atoms with Gasteiger partial charge in [-0.15, -0.1) is 0 Å². The zero-order valence-electron chi connectivity index (χ0n) is 12.0. The Morgan fingerprint density at radius 1 is 1.35 bits per heavy atom. The average Bonchev–Trinajstić information content (AvgIpc) is 2.98. The van der Waals surface area contributed by atoms with Crippen molar-refractivity contribution in [3.8, 4) is 0 Å². The van der Waals surface area contributed by atoms with Crippen LogP contribution in [-0.4, -0.2) is 31.1 Å². The van der Waals surface area contributed by atoms with Gasteiger partial charge in [-0.3, -0.25) is 14.6 Å². The summed E-state index contributed by atoms with van der Waals surface area (Å²) >= 11 is 1.10. The van der Waals surface area contributed by atoms with E-state index in [4.69, 9.17) is 0 Å². The largest absolute Gasteiger partial charge is 0.339 e. The van der Waals surface area contributed by atoms with Gasteiger partial charge in [0.05, 0.1) is 11.6 Å². The number of halogens is 1. The minimum Gasteiger partial charge on any atom is -0.339 e. The van der Waals surface area contributed by atoms with Crippen LogP contribution in [0.25, 0.3) is 11.2 Å². The summed E-state index contributed by atoms with van der Waals surface area (Å²) in [6, 6.07) is 5.47. The van der Waals surface area contributed by atoms with Crippen LogP contribution in [0.5, 0.6) is 0 Å². The Morgan fingerprint density at radius 2 is 2.09 bits per heavy atom. The van der Waals surface area contributed by atoms with Crippen molar-refractivity contribution in [2.75, 3.05) is 5.32 Å². The smallest absolute Gasteiger partial charge is 0.277 e. The lowest BCUT2D eigenvalue weighted by Gasteiger charge is -2.11. The fraction of sp³-hybridized carbons (Fsp3) is 0.143. The summed E-state index contributed by atoms with van der Waals surface area (Å²) in [6.45, 7) is 1.68. The van der Waals surface area contributed by atoms with E-state index in [0.29, 0.717) is 16.5 Å². The Balaban J connectivity index is 1.71. The Kier molecular flexibility index (Phi) is 4.11. The van der Waals surface area contributed by atoms with E-state index in [9.17, 15) is 14.0 Å². The molecule has 0 unspecified atom stereocenters. The van der Waals surface area contributed by atoms with Gasteiger partial charge in [0.15, 0.2) is 16.3 Å². The lowest BCUT2D eigenvalue weighted by Crippen LogP contribution is -2.23. The summed E-state index contributed by atoms with van der Waals surface area (Å²) in [5.41, 5.74) is 0.731. The molecule has 23 heavy (non-hydrogen) atoms. The maximum absolute atomic E-state index is 12.8. The molecule has 118 valence electrons. The van der Waals surface area contributed by atoms with Crippen molar-refractivity contribution in [3.05, 3.63) is 46.8 Å². The van der Waals surface area contributed by atoms with Crippen LogP contribution < -0.4 is 10.9 Å². The van der Waals surface area contributed by atoms with Gasteiger partial charge in [-0.1, -0.05) is 11.8 Å². The predicted molar refractivity (Wildman–Crippen MR) is 84.9 cm³/mol. The topological polar surface area (TPSA) is 104 Å². The molecule has 3 aromatic rings. The molecule has 2 heterocycles. The number of hydrogen-bond donors (Lipinski definition) is 3. The number of carbonyl (C=O) groups is 1. The number of amides is 1. The van der Waals surface area contributed by atoms with Crippen LogP contribution in [0, 0.1) is 5.82 Å². The van der Waals surface area contributed by atoms with E-state index < -0.39 is 5.25 Å². The number of H-pyrrole nitrogens is 2. The normalized spacial score (nSPS) is 12.3. The molecule has 0 fully saturated rings. The average molecular weight is 333 g/mol. The number of nitrogens with one attached hydrogen (secondary N) is 3. The first-order valence-electron chi connectivity index (χ1n) is 6.69. The molecule has 1 atom stereocenters. The van der Waals surface area contributed by atoms with Crippen LogP contribution in [-0.2, 0) is 4.79 Å². The minimum atomic E-state index is -0.514. The number of anilines is 1. The number of benzene rings is 1. The molecule has 3 N–H and O–H groups in total. The molecule has 0 spiro atoms. The molecule has 9 heteroatoms. The predicted octanol–water partition coefficient (Wildman–Crippen LogP) is 1.90. The molecule has 3 rings (SSSR count). The molecule has 7 nitrogen and oxygen atoms in total. The summed E-state index contributed by atoms with van der Waals surface area (Å²) in [5, 5.41) is 2.46. The van der Waals surface area contributed by atoms with E-state index in [0.717, 1.165) is 11.8 Å². The zero-order chi connectivity index (χ0) is 16.4. The molecule has 0 saturated heterocycles. The number of aromatic amines is 2. The van der Waals surface area contributed by atoms with Gasteiger partial charge in [0.2, 0.25) is 5.91 Å². The summed E-state index contributed by atoms with van der Waals surface area (Å²) < 4.78 is 12.8. The highest BCUT2D eigenvalue weighted by Gasteiger charge is 2.17. The SMILES string of the molecule is C[C@H](Sc1nc2nc[nH]c2c(=O)[nH]1)C(=O)Nc1ccc(F)cc1. The third-order valence-corrected chi connectivity index (χ3v) is 4.03. The van der Waals surface area contributed by atoms with Gasteiger partial charge < -0.3 is 10.3 Å². The van der Waals surface area contributed by atoms with Crippen molar-refractivity contribution in [2.24, 2.45) is 0 Å². The maximum atomic E-state index is 12.8. The third-order valence-electron chi connectivity index (χ3n) is 3.04. The Hall–Kier alpha value is -2.68. The molecule has 0 bridgehead atoms. The molecule has 0 aliphatic carbocycles. The second-order valence-electron chi connectivity index (χ2n) is 4.73. The van der Waals surface area contributed by atoms with Gasteiger partial charge in [0.1, 0.15) is 5.82 Å². The van der Waals surface area contributed by atoms with E-state index in [-0.39, 0.29) is 22.8 Å². The Labute approximate surface area is 133 Å². The first-order chi connectivity index (χ1) is 11.0. The number of hydrogen-bond acceptors (Lipinski definition) is 5. The summed E-state index contributed by atoms with van der Waals surface area (Å²) in [7, 11) is 0. The van der Waals surface area contributed by atoms with Crippen LogP contribution in [0.15, 0.2) is 40.5 Å². The van der Waals surface area contributed by atoms with Crippen LogP contribution in [0.1, 0.15) is 6.92 Å². The number of rotatable bonds is 4. The van der Waals surface area contributed by atoms with Crippen LogP contribution >= 0.6 is 11.8 Å². The van der Waals surface area contributed by atoms with E-state index in [1.54, 1.807) is 6.92 Å². The molecule has 1 amide bonds.